The molecule has 7 atom stereocenters. The van der Waals surface area contributed by atoms with Gasteiger partial charge in [-0.05, 0) is 54.7 Å². The largest absolute Gasteiger partial charge is 0.508 e. The molecule has 0 unspecified atom stereocenters. The maximum atomic E-state index is 14.2. The van der Waals surface area contributed by atoms with Gasteiger partial charge in [-0.1, -0.05) is 53.7 Å². The highest BCUT2D eigenvalue weighted by Gasteiger charge is 2.41. The molecule has 0 bridgehead atoms. The molecule has 3 rings (SSSR count). The van der Waals surface area contributed by atoms with E-state index in [1.165, 1.54) is 41.7 Å². The Balaban J connectivity index is 1.83. The van der Waals surface area contributed by atoms with Gasteiger partial charge in [-0.15, -0.1) is 0 Å². The fourth-order valence-corrected chi connectivity index (χ4v) is 6.94. The lowest BCUT2D eigenvalue weighted by molar-refractivity contribution is -0.146. The highest BCUT2D eigenvalue weighted by molar-refractivity contribution is 5.97. The summed E-state index contributed by atoms with van der Waals surface area (Å²) in [6.45, 7) is 9.43. The summed E-state index contributed by atoms with van der Waals surface area (Å²) in [4.78, 5) is 126. The molecular weight excluding hydrogens is 837 g/mol. The Morgan fingerprint density at radius 3 is 1.91 bits per heavy atom. The van der Waals surface area contributed by atoms with Crippen molar-refractivity contribution in [1.29, 1.82) is 0 Å². The van der Waals surface area contributed by atoms with Gasteiger partial charge in [-0.2, -0.15) is 0 Å². The molecule has 22 nitrogen and oxygen atoms in total. The summed E-state index contributed by atoms with van der Waals surface area (Å²) in [6, 6.07) is -2.70. The predicted molar refractivity (Wildman–Crippen MR) is 228 cm³/mol. The zero-order chi connectivity index (χ0) is 47.8. The summed E-state index contributed by atoms with van der Waals surface area (Å²) in [5.74, 6) is -9.15. The van der Waals surface area contributed by atoms with Crippen molar-refractivity contribution in [1.82, 2.24) is 46.8 Å². The van der Waals surface area contributed by atoms with Gasteiger partial charge < -0.3 is 62.8 Å². The van der Waals surface area contributed by atoms with Gasteiger partial charge in [0.2, 0.25) is 41.4 Å². The molecule has 1 aliphatic heterocycles. The lowest BCUT2D eigenvalue weighted by Gasteiger charge is -2.31. The van der Waals surface area contributed by atoms with Crippen LogP contribution >= 0.6 is 0 Å². The fraction of sp³-hybridized carbons (Fsp3) is 0.571. The summed E-state index contributed by atoms with van der Waals surface area (Å²) in [5, 5.41) is 43.9. The number of carboxylic acid groups (broad SMARTS) is 2. The number of rotatable bonds is 24. The monoisotopic (exact) mass is 898 g/mol. The maximum Gasteiger partial charge on any atom is 0.326 e. The van der Waals surface area contributed by atoms with E-state index in [9.17, 15) is 53.4 Å². The van der Waals surface area contributed by atoms with Crippen LogP contribution in [-0.4, -0.2) is 139 Å². The van der Waals surface area contributed by atoms with Crippen LogP contribution in [0.25, 0.3) is 0 Å². The number of carboxylic acids is 2. The van der Waals surface area contributed by atoms with Crippen LogP contribution in [0.3, 0.4) is 0 Å². The van der Waals surface area contributed by atoms with Gasteiger partial charge in [-0.25, -0.2) is 9.78 Å². The number of aromatic nitrogens is 2. The number of aromatic amines is 1. The number of carbonyl (C=O) groups is 9. The second kappa shape index (κ2) is 24.3. The van der Waals surface area contributed by atoms with Crippen molar-refractivity contribution in [2.24, 2.45) is 23.5 Å². The van der Waals surface area contributed by atoms with E-state index < -0.39 is 120 Å². The molecule has 7 amide bonds. The van der Waals surface area contributed by atoms with E-state index in [-0.39, 0.29) is 44.4 Å². The first kappa shape index (κ1) is 51.8. The molecule has 2 aromatic rings. The number of nitrogens with one attached hydrogen (secondary N) is 7. The highest BCUT2D eigenvalue weighted by Crippen LogP contribution is 2.21. The lowest BCUT2D eigenvalue weighted by atomic mass is 9.98. The molecule has 64 heavy (non-hydrogen) atoms. The van der Waals surface area contributed by atoms with Crippen molar-refractivity contribution in [2.75, 3.05) is 13.1 Å². The van der Waals surface area contributed by atoms with Crippen LogP contribution < -0.4 is 37.6 Å². The molecule has 0 saturated carbocycles. The van der Waals surface area contributed by atoms with E-state index in [1.807, 2.05) is 0 Å². The summed E-state index contributed by atoms with van der Waals surface area (Å²) in [7, 11) is 0. The van der Waals surface area contributed by atoms with Crippen molar-refractivity contribution in [3.63, 3.8) is 0 Å². The molecule has 1 aromatic heterocycles. The SMILES string of the molecule is CC(C)[C@H](NC(=O)[C@@H]1CCCN1C(=O)[C@H](Cc1cnc[nH]1)NC(=O)[C@@H](NC(=O)[C@H](Cc1ccc(O)cc1)NC(=O)[C@@H](NC(=O)CNC(=O)[C@@H](N)CCC(=O)O)C(C)C)C(C)C)C(=O)O. The number of amides is 7. The second-order valence-corrected chi connectivity index (χ2v) is 16.8. The van der Waals surface area contributed by atoms with Crippen molar-refractivity contribution in [2.45, 2.75) is 122 Å². The van der Waals surface area contributed by atoms with Crippen LogP contribution in [-0.2, 0) is 56.0 Å². The maximum absolute atomic E-state index is 14.2. The van der Waals surface area contributed by atoms with E-state index in [4.69, 9.17) is 10.8 Å². The Hall–Kier alpha value is -6.58. The minimum Gasteiger partial charge on any atom is -0.508 e. The van der Waals surface area contributed by atoms with E-state index in [1.54, 1.807) is 41.5 Å². The zero-order valence-electron chi connectivity index (χ0n) is 36.9. The minimum atomic E-state index is -1.36. The number of nitrogens with zero attached hydrogens (tertiary/aromatic N) is 2. The van der Waals surface area contributed by atoms with Crippen molar-refractivity contribution >= 4 is 53.3 Å². The number of phenols is 1. The van der Waals surface area contributed by atoms with Crippen LogP contribution in [0.5, 0.6) is 5.75 Å². The van der Waals surface area contributed by atoms with E-state index in [0.717, 1.165) is 0 Å². The molecule has 0 aliphatic carbocycles. The first-order valence-electron chi connectivity index (χ1n) is 21.1. The Kier molecular flexibility index (Phi) is 19.7. The third-order valence-electron chi connectivity index (χ3n) is 10.6. The number of hydrogen-bond donors (Lipinski definition) is 11. The average molecular weight is 899 g/mol. The van der Waals surface area contributed by atoms with Crippen molar-refractivity contribution < 1.29 is 58.5 Å². The number of H-pyrrole nitrogens is 1. The average Bonchev–Trinajstić information content (AvgIpc) is 3.94. The van der Waals surface area contributed by atoms with Crippen molar-refractivity contribution in [3.8, 4) is 5.75 Å². The number of likely N-dealkylation sites (tertiary alicyclic amines) is 1. The Labute approximate surface area is 370 Å². The number of nitrogens with two attached hydrogens (primary N) is 1. The van der Waals surface area contributed by atoms with Gasteiger partial charge in [0.1, 0.15) is 42.0 Å². The quantitative estimate of drug-likeness (QED) is 0.0582. The Bertz CT molecular complexity index is 1960. The standard InChI is InChI=1S/C42H62N10O12/c1-21(2)33(49-31(54)19-45-36(57)27(43)13-14-32(55)56)39(60)47-28(16-24-9-11-26(53)12-10-24)37(58)50-34(22(3)4)40(61)48-29(17-25-18-44-20-46-25)41(62)52-15-7-8-30(52)38(59)51-35(23(5)6)42(63)64/h9-12,18,20-23,27-30,33-35,53H,7-8,13-17,19,43H2,1-6H3,(H,44,46)(H,45,57)(H,47,60)(H,48,61)(H,49,54)(H,50,58)(H,51,59)(H,55,56)(H,63,64)/t27-,28-,29-,30-,33-,34-,35-/m0/s1. The summed E-state index contributed by atoms with van der Waals surface area (Å²) >= 11 is 0. The molecule has 0 radical (unpaired) electrons. The molecular formula is C42H62N10O12. The molecule has 1 saturated heterocycles. The number of benzene rings is 1. The van der Waals surface area contributed by atoms with Crippen LogP contribution in [0, 0.1) is 17.8 Å². The Morgan fingerprint density at radius 2 is 1.36 bits per heavy atom. The zero-order valence-corrected chi connectivity index (χ0v) is 36.9. The third kappa shape index (κ3) is 15.6. The van der Waals surface area contributed by atoms with Crippen LogP contribution in [0.15, 0.2) is 36.8 Å². The number of aliphatic carboxylic acids is 2. The van der Waals surface area contributed by atoms with Crippen molar-refractivity contribution in [3.05, 3.63) is 48.0 Å². The number of imidazole rings is 1. The topological polar surface area (TPSA) is 344 Å². The first-order chi connectivity index (χ1) is 30.1. The predicted octanol–water partition coefficient (Wildman–Crippen LogP) is -1.32. The van der Waals surface area contributed by atoms with E-state index >= 15 is 0 Å². The summed E-state index contributed by atoms with van der Waals surface area (Å²) < 4.78 is 0. The first-order valence-corrected chi connectivity index (χ1v) is 21.1. The molecule has 1 aromatic carbocycles. The smallest absolute Gasteiger partial charge is 0.326 e. The van der Waals surface area contributed by atoms with E-state index in [0.29, 0.717) is 17.7 Å². The van der Waals surface area contributed by atoms with E-state index in [2.05, 4.69) is 41.9 Å². The minimum absolute atomic E-state index is 0.0528. The molecule has 352 valence electrons. The van der Waals surface area contributed by atoms with Gasteiger partial charge in [0.25, 0.3) is 0 Å². The van der Waals surface area contributed by atoms with Gasteiger partial charge >= 0.3 is 11.9 Å². The molecule has 1 aliphatic rings. The molecule has 2 heterocycles. The number of aromatic hydroxyl groups is 1. The van der Waals surface area contributed by atoms with Crippen LogP contribution in [0.4, 0.5) is 0 Å². The molecule has 22 heteroatoms. The van der Waals surface area contributed by atoms with Gasteiger partial charge in [-0.3, -0.25) is 38.4 Å². The highest BCUT2D eigenvalue weighted by atomic mass is 16.4. The molecule has 1 fully saturated rings. The van der Waals surface area contributed by atoms with Gasteiger partial charge in [0.05, 0.1) is 18.9 Å². The third-order valence-corrected chi connectivity index (χ3v) is 10.6. The molecule has 0 spiro atoms. The normalized spacial score (nSPS) is 16.5. The van der Waals surface area contributed by atoms with Crippen LogP contribution in [0.2, 0.25) is 0 Å². The van der Waals surface area contributed by atoms with Gasteiger partial charge in [0, 0.05) is 37.7 Å². The number of hydrogen-bond acceptors (Lipinski definition) is 12. The van der Waals surface area contributed by atoms with Crippen LogP contribution in [0.1, 0.15) is 78.5 Å². The fourth-order valence-electron chi connectivity index (χ4n) is 6.94. The second-order valence-electron chi connectivity index (χ2n) is 16.8. The van der Waals surface area contributed by atoms with Gasteiger partial charge in [0.15, 0.2) is 0 Å². The summed E-state index contributed by atoms with van der Waals surface area (Å²) in [5.41, 5.74) is 6.69. The lowest BCUT2D eigenvalue weighted by Crippen LogP contribution is -2.61. The molecule has 12 N–H and O–H groups in total. The summed E-state index contributed by atoms with van der Waals surface area (Å²) in [6.07, 6.45) is 2.81. The Morgan fingerprint density at radius 1 is 0.766 bits per heavy atom. The number of carbonyl (C=O) groups excluding carboxylic acids is 7. The number of phenolic OH excluding ortho intramolecular Hbond substituents is 1.